The fourth-order valence-electron chi connectivity index (χ4n) is 2.42. The van der Waals surface area contributed by atoms with Gasteiger partial charge in [-0.15, -0.1) is 11.3 Å². The Hall–Kier alpha value is -3.07. The Balaban J connectivity index is 1.62. The summed E-state index contributed by atoms with van der Waals surface area (Å²) in [5, 5.41) is 12.6. The molecule has 4 rings (SSSR count). The molecule has 0 spiro atoms. The zero-order valence-electron chi connectivity index (χ0n) is 13.3. The van der Waals surface area contributed by atoms with Crippen molar-refractivity contribution in [3.63, 3.8) is 0 Å². The highest BCUT2D eigenvalue weighted by atomic mass is 35.5. The summed E-state index contributed by atoms with van der Waals surface area (Å²) in [6.45, 7) is 0. The molecule has 26 heavy (non-hydrogen) atoms. The third-order valence-corrected chi connectivity index (χ3v) is 4.80. The Labute approximate surface area is 158 Å². The number of nitriles is 1. The molecule has 4 nitrogen and oxygen atoms in total. The lowest BCUT2D eigenvalue weighted by atomic mass is 10.2. The van der Waals surface area contributed by atoms with Gasteiger partial charge in [0.2, 0.25) is 0 Å². The van der Waals surface area contributed by atoms with Crippen LogP contribution in [0.4, 0.5) is 0 Å². The van der Waals surface area contributed by atoms with E-state index in [1.54, 1.807) is 30.5 Å². The third-order valence-electron chi connectivity index (χ3n) is 3.67. The zero-order valence-corrected chi connectivity index (χ0v) is 14.9. The van der Waals surface area contributed by atoms with Crippen LogP contribution in [0.3, 0.4) is 0 Å². The number of hydrogen-bond acceptors (Lipinski definition) is 5. The van der Waals surface area contributed by atoms with Crippen molar-refractivity contribution >= 4 is 34.6 Å². The smallest absolute Gasteiger partial charge is 0.153 e. The summed E-state index contributed by atoms with van der Waals surface area (Å²) in [6.07, 6.45) is 3.28. The summed E-state index contributed by atoms with van der Waals surface area (Å²) in [6, 6.07) is 16.9. The lowest BCUT2D eigenvalue weighted by molar-refractivity contribution is 0.572. The molecule has 6 heteroatoms. The maximum atomic E-state index is 9.50. The van der Waals surface area contributed by atoms with Crippen LogP contribution in [0.2, 0.25) is 5.02 Å². The van der Waals surface area contributed by atoms with Gasteiger partial charge < -0.3 is 8.83 Å². The van der Waals surface area contributed by atoms with E-state index >= 15 is 0 Å². The zero-order chi connectivity index (χ0) is 17.9. The van der Waals surface area contributed by atoms with Gasteiger partial charge in [-0.2, -0.15) is 5.26 Å². The van der Waals surface area contributed by atoms with E-state index in [2.05, 4.69) is 11.1 Å². The standard InChI is InChI=1S/C20H11ClN2O2S/c21-15-5-3-13(4-6-15)18-8-7-16(25-18)10-14(11-22)20-23-17(12-26-20)19-2-1-9-24-19/h1-10,12H/b14-10-. The minimum atomic E-state index is 0.435. The van der Waals surface area contributed by atoms with Gasteiger partial charge in [-0.1, -0.05) is 11.6 Å². The van der Waals surface area contributed by atoms with Crippen molar-refractivity contribution in [1.29, 1.82) is 5.26 Å². The molecule has 0 fully saturated rings. The van der Waals surface area contributed by atoms with Gasteiger partial charge in [0.05, 0.1) is 11.8 Å². The third kappa shape index (κ3) is 3.33. The number of allylic oxidation sites excluding steroid dienone is 1. The molecule has 0 bridgehead atoms. The Morgan fingerprint density at radius 2 is 1.96 bits per heavy atom. The van der Waals surface area contributed by atoms with Crippen molar-refractivity contribution in [1.82, 2.24) is 4.98 Å². The molecule has 0 aliphatic heterocycles. The second-order valence-corrected chi connectivity index (χ2v) is 6.69. The summed E-state index contributed by atoms with van der Waals surface area (Å²) in [4.78, 5) is 4.47. The quantitative estimate of drug-likeness (QED) is 0.386. The summed E-state index contributed by atoms with van der Waals surface area (Å²) in [7, 11) is 0. The van der Waals surface area contributed by atoms with Crippen LogP contribution in [0.5, 0.6) is 0 Å². The molecule has 0 N–H and O–H groups in total. The first-order chi connectivity index (χ1) is 12.7. The molecule has 0 aliphatic rings. The number of aromatic nitrogens is 1. The minimum absolute atomic E-state index is 0.435. The van der Waals surface area contributed by atoms with Crippen LogP contribution in [0.1, 0.15) is 10.8 Å². The Kier molecular flexibility index (Phi) is 4.44. The van der Waals surface area contributed by atoms with Crippen LogP contribution < -0.4 is 0 Å². The number of nitrogens with zero attached hydrogens (tertiary/aromatic N) is 2. The summed E-state index contributed by atoms with van der Waals surface area (Å²) < 4.78 is 11.2. The van der Waals surface area contributed by atoms with Crippen LogP contribution in [0.15, 0.2) is 69.0 Å². The number of hydrogen-bond donors (Lipinski definition) is 0. The molecule has 126 valence electrons. The van der Waals surface area contributed by atoms with E-state index < -0.39 is 0 Å². The summed E-state index contributed by atoms with van der Waals surface area (Å²) in [5.74, 6) is 1.97. The van der Waals surface area contributed by atoms with Crippen LogP contribution in [-0.4, -0.2) is 4.98 Å². The Morgan fingerprint density at radius 3 is 2.69 bits per heavy atom. The molecule has 3 heterocycles. The lowest BCUT2D eigenvalue weighted by Gasteiger charge is -1.97. The maximum absolute atomic E-state index is 9.50. The second-order valence-electron chi connectivity index (χ2n) is 5.39. The largest absolute Gasteiger partial charge is 0.463 e. The molecule has 3 aromatic heterocycles. The van der Waals surface area contributed by atoms with Gasteiger partial charge in [-0.3, -0.25) is 0 Å². The first-order valence-corrected chi connectivity index (χ1v) is 8.96. The molecule has 0 radical (unpaired) electrons. The first-order valence-electron chi connectivity index (χ1n) is 7.70. The van der Waals surface area contributed by atoms with E-state index in [9.17, 15) is 5.26 Å². The average molecular weight is 379 g/mol. The van der Waals surface area contributed by atoms with Crippen LogP contribution in [0.25, 0.3) is 34.4 Å². The van der Waals surface area contributed by atoms with Gasteiger partial charge in [0.25, 0.3) is 0 Å². The van der Waals surface area contributed by atoms with E-state index in [1.807, 2.05) is 35.7 Å². The molecule has 1 aromatic carbocycles. The van der Waals surface area contributed by atoms with Crippen molar-refractivity contribution in [2.75, 3.05) is 0 Å². The number of furan rings is 2. The highest BCUT2D eigenvalue weighted by Gasteiger charge is 2.12. The highest BCUT2D eigenvalue weighted by molar-refractivity contribution is 7.11. The predicted molar refractivity (Wildman–Crippen MR) is 102 cm³/mol. The van der Waals surface area contributed by atoms with Crippen molar-refractivity contribution in [3.8, 4) is 28.8 Å². The van der Waals surface area contributed by atoms with Crippen molar-refractivity contribution < 1.29 is 8.83 Å². The van der Waals surface area contributed by atoms with Gasteiger partial charge in [0, 0.05) is 22.0 Å². The SMILES string of the molecule is N#C/C(=C/c1ccc(-c2ccc(Cl)cc2)o1)c1nc(-c2ccco2)cs1. The molecule has 0 saturated carbocycles. The van der Waals surface area contributed by atoms with E-state index in [1.165, 1.54) is 11.3 Å². The van der Waals surface area contributed by atoms with Crippen LogP contribution in [-0.2, 0) is 0 Å². The summed E-state index contributed by atoms with van der Waals surface area (Å²) >= 11 is 7.30. The molecular formula is C20H11ClN2O2S. The molecule has 0 unspecified atom stereocenters. The maximum Gasteiger partial charge on any atom is 0.153 e. The normalized spacial score (nSPS) is 11.5. The molecule has 0 atom stereocenters. The number of rotatable bonds is 4. The summed E-state index contributed by atoms with van der Waals surface area (Å²) in [5.41, 5.74) is 2.06. The lowest BCUT2D eigenvalue weighted by Crippen LogP contribution is -1.81. The number of halogens is 1. The fourth-order valence-corrected chi connectivity index (χ4v) is 3.32. The first kappa shape index (κ1) is 16.4. The van der Waals surface area contributed by atoms with E-state index in [4.69, 9.17) is 20.4 Å². The van der Waals surface area contributed by atoms with Crippen molar-refractivity contribution in [2.45, 2.75) is 0 Å². The van der Waals surface area contributed by atoms with Gasteiger partial charge >= 0.3 is 0 Å². The van der Waals surface area contributed by atoms with Crippen LogP contribution in [0, 0.1) is 11.3 Å². The van der Waals surface area contributed by atoms with Gasteiger partial charge in [-0.05, 0) is 48.5 Å². The van der Waals surface area contributed by atoms with Crippen molar-refractivity contribution in [2.24, 2.45) is 0 Å². The highest BCUT2D eigenvalue weighted by Crippen LogP contribution is 2.29. The second kappa shape index (κ2) is 7.04. The molecule has 4 aromatic rings. The Bertz CT molecular complexity index is 1100. The minimum Gasteiger partial charge on any atom is -0.463 e. The molecule has 0 amide bonds. The van der Waals surface area contributed by atoms with E-state index in [0.29, 0.717) is 38.6 Å². The Morgan fingerprint density at radius 1 is 1.12 bits per heavy atom. The average Bonchev–Trinajstić information content (AvgIpc) is 3.40. The number of thiazole rings is 1. The monoisotopic (exact) mass is 378 g/mol. The van der Waals surface area contributed by atoms with Crippen LogP contribution >= 0.6 is 22.9 Å². The predicted octanol–water partition coefficient (Wildman–Crippen LogP) is 6.38. The number of benzene rings is 1. The topological polar surface area (TPSA) is 63.0 Å². The van der Waals surface area contributed by atoms with Gasteiger partial charge in [-0.25, -0.2) is 4.98 Å². The van der Waals surface area contributed by atoms with Crippen molar-refractivity contribution in [3.05, 3.63) is 76.0 Å². The molecule has 0 aliphatic carbocycles. The molecular weight excluding hydrogens is 368 g/mol. The molecule has 0 saturated heterocycles. The van der Waals surface area contributed by atoms with E-state index in [0.717, 1.165) is 5.56 Å². The fraction of sp³-hybridized carbons (Fsp3) is 0. The van der Waals surface area contributed by atoms with E-state index in [-0.39, 0.29) is 0 Å². The van der Waals surface area contributed by atoms with Gasteiger partial charge in [0.1, 0.15) is 28.3 Å². The van der Waals surface area contributed by atoms with Gasteiger partial charge in [0.15, 0.2) is 5.76 Å².